The summed E-state index contributed by atoms with van der Waals surface area (Å²) in [6, 6.07) is 19.2. The summed E-state index contributed by atoms with van der Waals surface area (Å²) in [4.78, 5) is 12.3. The summed E-state index contributed by atoms with van der Waals surface area (Å²) in [5.74, 6) is 0.373. The molecular formula is C20H12Cl2N2O2. The maximum absolute atomic E-state index is 12.3. The number of nitrogens with zero attached hydrogens (tertiary/aromatic N) is 1. The molecular weight excluding hydrogens is 371 g/mol. The molecule has 3 aromatic rings. The Balaban J connectivity index is 1.82. The lowest BCUT2D eigenvalue weighted by molar-refractivity contribution is -0.112. The van der Waals surface area contributed by atoms with E-state index < -0.39 is 5.91 Å². The highest BCUT2D eigenvalue weighted by atomic mass is 35.5. The number of anilines is 1. The standard InChI is InChI=1S/C20H12Cl2N2O2/c21-14-4-3-5-15(11-14)24-20(25)13(12-23)10-16-8-9-19(26-16)17-6-1-2-7-18(17)22/h1-11H,(H,24,25)/b13-10+. The van der Waals surface area contributed by atoms with Crippen molar-refractivity contribution in [2.75, 3.05) is 5.32 Å². The van der Waals surface area contributed by atoms with Crippen molar-refractivity contribution in [2.24, 2.45) is 0 Å². The second-order valence-corrected chi connectivity index (χ2v) is 6.16. The van der Waals surface area contributed by atoms with Crippen molar-refractivity contribution in [1.82, 2.24) is 0 Å². The van der Waals surface area contributed by atoms with Gasteiger partial charge in [-0.05, 0) is 42.5 Å². The van der Waals surface area contributed by atoms with Crippen LogP contribution in [0.2, 0.25) is 10.0 Å². The fourth-order valence-electron chi connectivity index (χ4n) is 2.29. The Hall–Kier alpha value is -3.00. The number of halogens is 2. The molecule has 1 aromatic heterocycles. The van der Waals surface area contributed by atoms with Gasteiger partial charge in [-0.25, -0.2) is 0 Å². The Morgan fingerprint density at radius 3 is 2.62 bits per heavy atom. The minimum atomic E-state index is -0.550. The molecule has 0 saturated heterocycles. The highest BCUT2D eigenvalue weighted by molar-refractivity contribution is 6.33. The van der Waals surface area contributed by atoms with E-state index in [0.717, 1.165) is 5.56 Å². The molecule has 26 heavy (non-hydrogen) atoms. The summed E-state index contributed by atoms with van der Waals surface area (Å²) in [6.45, 7) is 0. The first-order valence-corrected chi connectivity index (χ1v) is 8.36. The van der Waals surface area contributed by atoms with Crippen molar-refractivity contribution in [1.29, 1.82) is 5.26 Å². The molecule has 0 fully saturated rings. The van der Waals surface area contributed by atoms with Crippen LogP contribution in [0.1, 0.15) is 5.76 Å². The molecule has 0 aliphatic rings. The van der Waals surface area contributed by atoms with Crippen LogP contribution in [0.25, 0.3) is 17.4 Å². The van der Waals surface area contributed by atoms with Gasteiger partial charge in [0.15, 0.2) is 0 Å². The van der Waals surface area contributed by atoms with Gasteiger partial charge in [-0.1, -0.05) is 41.4 Å². The van der Waals surface area contributed by atoms with Crippen LogP contribution in [-0.4, -0.2) is 5.91 Å². The van der Waals surface area contributed by atoms with E-state index in [1.54, 1.807) is 42.5 Å². The number of carbonyl (C=O) groups excluding carboxylic acids is 1. The molecule has 1 amide bonds. The van der Waals surface area contributed by atoms with Crippen molar-refractivity contribution in [3.8, 4) is 17.4 Å². The number of nitriles is 1. The first-order chi connectivity index (χ1) is 12.6. The van der Waals surface area contributed by atoms with Crippen molar-refractivity contribution in [3.05, 3.63) is 82.0 Å². The van der Waals surface area contributed by atoms with Crippen LogP contribution < -0.4 is 5.32 Å². The lowest BCUT2D eigenvalue weighted by Crippen LogP contribution is -2.13. The molecule has 0 radical (unpaired) electrons. The van der Waals surface area contributed by atoms with Gasteiger partial charge in [0.05, 0.1) is 5.02 Å². The van der Waals surface area contributed by atoms with Gasteiger partial charge >= 0.3 is 0 Å². The Labute approximate surface area is 160 Å². The van der Waals surface area contributed by atoms with Crippen LogP contribution in [0, 0.1) is 11.3 Å². The van der Waals surface area contributed by atoms with E-state index in [0.29, 0.717) is 27.3 Å². The molecule has 4 nitrogen and oxygen atoms in total. The van der Waals surface area contributed by atoms with Crippen LogP contribution in [-0.2, 0) is 4.79 Å². The van der Waals surface area contributed by atoms with Crippen molar-refractivity contribution in [2.45, 2.75) is 0 Å². The number of carbonyl (C=O) groups is 1. The highest BCUT2D eigenvalue weighted by Gasteiger charge is 2.12. The fourth-order valence-corrected chi connectivity index (χ4v) is 2.71. The normalized spacial score (nSPS) is 11.0. The number of nitrogens with one attached hydrogen (secondary N) is 1. The average molecular weight is 383 g/mol. The van der Waals surface area contributed by atoms with E-state index in [-0.39, 0.29) is 5.57 Å². The van der Waals surface area contributed by atoms with Crippen molar-refractivity contribution >= 4 is 40.9 Å². The Morgan fingerprint density at radius 2 is 1.88 bits per heavy atom. The van der Waals surface area contributed by atoms with Gasteiger partial charge in [-0.2, -0.15) is 5.26 Å². The third-order valence-corrected chi connectivity index (χ3v) is 4.06. The van der Waals surface area contributed by atoms with E-state index in [2.05, 4.69) is 5.32 Å². The van der Waals surface area contributed by atoms with E-state index in [1.165, 1.54) is 6.08 Å². The molecule has 128 valence electrons. The third-order valence-electron chi connectivity index (χ3n) is 3.50. The molecule has 0 bridgehead atoms. The number of amides is 1. The van der Waals surface area contributed by atoms with E-state index in [1.807, 2.05) is 24.3 Å². The maximum atomic E-state index is 12.3. The smallest absolute Gasteiger partial charge is 0.266 e. The highest BCUT2D eigenvalue weighted by Crippen LogP contribution is 2.29. The minimum Gasteiger partial charge on any atom is -0.457 e. The molecule has 0 unspecified atom stereocenters. The van der Waals surface area contributed by atoms with E-state index >= 15 is 0 Å². The summed E-state index contributed by atoms with van der Waals surface area (Å²) in [6.07, 6.45) is 1.38. The molecule has 0 atom stereocenters. The molecule has 0 aliphatic carbocycles. The quantitative estimate of drug-likeness (QED) is 0.457. The number of hydrogen-bond donors (Lipinski definition) is 1. The Kier molecular flexibility index (Phi) is 5.43. The molecule has 1 N–H and O–H groups in total. The summed E-state index contributed by atoms with van der Waals surface area (Å²) in [5, 5.41) is 13.0. The topological polar surface area (TPSA) is 66.0 Å². The summed E-state index contributed by atoms with van der Waals surface area (Å²) in [7, 11) is 0. The zero-order chi connectivity index (χ0) is 18.5. The largest absolute Gasteiger partial charge is 0.457 e. The number of hydrogen-bond acceptors (Lipinski definition) is 3. The lowest BCUT2D eigenvalue weighted by Gasteiger charge is -2.04. The van der Waals surface area contributed by atoms with Gasteiger partial charge in [-0.15, -0.1) is 0 Å². The first kappa shape index (κ1) is 17.8. The van der Waals surface area contributed by atoms with Gasteiger partial charge in [0, 0.05) is 22.3 Å². The SMILES string of the molecule is N#C/C(=C\c1ccc(-c2ccccc2Cl)o1)C(=O)Nc1cccc(Cl)c1. The zero-order valence-electron chi connectivity index (χ0n) is 13.4. The Morgan fingerprint density at radius 1 is 1.08 bits per heavy atom. The second kappa shape index (κ2) is 7.92. The van der Waals surface area contributed by atoms with Crippen molar-refractivity contribution < 1.29 is 9.21 Å². The number of rotatable bonds is 4. The Bertz CT molecular complexity index is 1030. The summed E-state index contributed by atoms with van der Waals surface area (Å²) in [5.41, 5.74) is 1.14. The summed E-state index contributed by atoms with van der Waals surface area (Å²) >= 11 is 12.0. The fraction of sp³-hybridized carbons (Fsp3) is 0. The van der Waals surface area contributed by atoms with Crippen LogP contribution in [0.5, 0.6) is 0 Å². The van der Waals surface area contributed by atoms with E-state index in [9.17, 15) is 10.1 Å². The maximum Gasteiger partial charge on any atom is 0.266 e. The van der Waals surface area contributed by atoms with Crippen LogP contribution >= 0.6 is 23.2 Å². The molecule has 0 spiro atoms. The average Bonchev–Trinajstić information content (AvgIpc) is 3.08. The predicted octanol–water partition coefficient (Wildman–Crippen LogP) is 5.80. The van der Waals surface area contributed by atoms with Gasteiger partial charge in [0.2, 0.25) is 0 Å². The summed E-state index contributed by atoms with van der Waals surface area (Å²) < 4.78 is 5.69. The molecule has 3 rings (SSSR count). The van der Waals surface area contributed by atoms with Crippen LogP contribution in [0.4, 0.5) is 5.69 Å². The van der Waals surface area contributed by atoms with E-state index in [4.69, 9.17) is 27.6 Å². The van der Waals surface area contributed by atoms with Gasteiger partial charge < -0.3 is 9.73 Å². The number of benzene rings is 2. The predicted molar refractivity (Wildman–Crippen MR) is 103 cm³/mol. The third kappa shape index (κ3) is 4.15. The molecule has 0 saturated carbocycles. The molecule has 6 heteroatoms. The van der Waals surface area contributed by atoms with Gasteiger partial charge in [0.1, 0.15) is 23.2 Å². The van der Waals surface area contributed by atoms with Gasteiger partial charge in [-0.3, -0.25) is 4.79 Å². The van der Waals surface area contributed by atoms with Crippen molar-refractivity contribution in [3.63, 3.8) is 0 Å². The monoisotopic (exact) mass is 382 g/mol. The minimum absolute atomic E-state index is 0.0926. The number of furan rings is 1. The first-order valence-electron chi connectivity index (χ1n) is 7.60. The van der Waals surface area contributed by atoms with Crippen LogP contribution in [0.3, 0.4) is 0 Å². The zero-order valence-corrected chi connectivity index (χ0v) is 14.9. The van der Waals surface area contributed by atoms with Crippen LogP contribution in [0.15, 0.2) is 70.7 Å². The molecule has 0 aliphatic heterocycles. The molecule has 1 heterocycles. The lowest BCUT2D eigenvalue weighted by atomic mass is 10.2. The second-order valence-electron chi connectivity index (χ2n) is 5.32. The van der Waals surface area contributed by atoms with Gasteiger partial charge in [0.25, 0.3) is 5.91 Å². The molecule has 2 aromatic carbocycles.